The van der Waals surface area contributed by atoms with Crippen molar-refractivity contribution >= 4 is 27.3 Å². The van der Waals surface area contributed by atoms with Gasteiger partial charge in [-0.1, -0.05) is 0 Å². The largest absolute Gasteiger partial charge is 0.489 e. The van der Waals surface area contributed by atoms with Crippen molar-refractivity contribution < 1.29 is 40.6 Å². The minimum atomic E-state index is -4.68. The highest BCUT2D eigenvalue weighted by Gasteiger charge is 2.32. The number of anilines is 2. The van der Waals surface area contributed by atoms with Crippen LogP contribution >= 0.6 is 0 Å². The molecule has 0 aromatic heterocycles. The van der Waals surface area contributed by atoms with Gasteiger partial charge in [-0.3, -0.25) is 9.52 Å². The zero-order chi connectivity index (χ0) is 21.9. The molecule has 1 amide bonds. The first-order chi connectivity index (χ1) is 14.1. The van der Waals surface area contributed by atoms with Gasteiger partial charge in [-0.15, -0.1) is 0 Å². The molecule has 0 atom stereocenters. The SMILES string of the molecule is COCCOc1ccc(C(F)(F)F)cc1NS(=O)(=O)c1ccc2c(c1)NC(=O)CO2. The number of sulfonamides is 1. The molecule has 2 aromatic carbocycles. The first kappa shape index (κ1) is 21.7. The van der Waals surface area contributed by atoms with Gasteiger partial charge in [0, 0.05) is 7.11 Å². The van der Waals surface area contributed by atoms with Gasteiger partial charge in [-0.25, -0.2) is 8.42 Å². The topological polar surface area (TPSA) is 103 Å². The van der Waals surface area contributed by atoms with Crippen LogP contribution in [0.3, 0.4) is 0 Å². The van der Waals surface area contributed by atoms with Crippen LogP contribution in [0.15, 0.2) is 41.3 Å². The lowest BCUT2D eigenvalue weighted by Gasteiger charge is -2.19. The molecule has 0 saturated carbocycles. The van der Waals surface area contributed by atoms with Crippen molar-refractivity contribution in [3.8, 4) is 11.5 Å². The summed E-state index contributed by atoms with van der Waals surface area (Å²) in [5.74, 6) is -0.286. The van der Waals surface area contributed by atoms with Crippen molar-refractivity contribution in [3.63, 3.8) is 0 Å². The molecule has 2 N–H and O–H groups in total. The summed E-state index contributed by atoms with van der Waals surface area (Å²) in [4.78, 5) is 11.2. The molecular weight excluding hydrogens is 429 g/mol. The number of fused-ring (bicyclic) bond motifs is 1. The fraction of sp³-hybridized carbons (Fsp3) is 0.278. The number of halogens is 3. The number of hydrogen-bond donors (Lipinski definition) is 2. The lowest BCUT2D eigenvalue weighted by Crippen LogP contribution is -2.25. The van der Waals surface area contributed by atoms with Crippen molar-refractivity contribution in [1.29, 1.82) is 0 Å². The van der Waals surface area contributed by atoms with E-state index in [1.807, 2.05) is 0 Å². The molecule has 0 unspecified atom stereocenters. The number of amides is 1. The number of carbonyl (C=O) groups is 1. The number of carbonyl (C=O) groups excluding carboxylic acids is 1. The quantitative estimate of drug-likeness (QED) is 0.634. The van der Waals surface area contributed by atoms with Crippen LogP contribution in [0.5, 0.6) is 11.5 Å². The number of alkyl halides is 3. The van der Waals surface area contributed by atoms with E-state index in [9.17, 15) is 26.4 Å². The maximum Gasteiger partial charge on any atom is 0.416 e. The Labute approximate surface area is 170 Å². The Kier molecular flexibility index (Phi) is 6.08. The first-order valence-corrected chi connectivity index (χ1v) is 10.0. The van der Waals surface area contributed by atoms with Gasteiger partial charge in [0.15, 0.2) is 6.61 Å². The van der Waals surface area contributed by atoms with Crippen LogP contribution in [-0.4, -0.2) is 41.3 Å². The van der Waals surface area contributed by atoms with E-state index in [-0.39, 0.29) is 47.6 Å². The highest BCUT2D eigenvalue weighted by molar-refractivity contribution is 7.92. The van der Waals surface area contributed by atoms with Crippen LogP contribution < -0.4 is 19.5 Å². The van der Waals surface area contributed by atoms with Crippen molar-refractivity contribution in [2.24, 2.45) is 0 Å². The number of rotatable bonds is 7. The smallest absolute Gasteiger partial charge is 0.416 e. The lowest BCUT2D eigenvalue weighted by molar-refractivity contribution is -0.137. The van der Waals surface area contributed by atoms with E-state index >= 15 is 0 Å². The van der Waals surface area contributed by atoms with E-state index in [0.717, 1.165) is 18.2 Å². The zero-order valence-electron chi connectivity index (χ0n) is 15.6. The summed E-state index contributed by atoms with van der Waals surface area (Å²) in [7, 11) is -2.90. The Bertz CT molecular complexity index is 1060. The lowest BCUT2D eigenvalue weighted by atomic mass is 10.2. The number of nitrogens with one attached hydrogen (secondary N) is 2. The molecule has 3 rings (SSSR count). The molecule has 1 aliphatic rings. The second-order valence-electron chi connectivity index (χ2n) is 6.15. The number of methoxy groups -OCH3 is 1. The van der Waals surface area contributed by atoms with E-state index in [1.54, 1.807) is 0 Å². The van der Waals surface area contributed by atoms with Crippen LogP contribution in [0.2, 0.25) is 0 Å². The van der Waals surface area contributed by atoms with Crippen LogP contribution in [0.1, 0.15) is 5.56 Å². The van der Waals surface area contributed by atoms with Gasteiger partial charge >= 0.3 is 6.18 Å². The molecule has 1 aliphatic heterocycles. The van der Waals surface area contributed by atoms with E-state index in [4.69, 9.17) is 14.2 Å². The summed E-state index contributed by atoms with van der Waals surface area (Å²) in [6.07, 6.45) is -4.68. The predicted octanol–water partition coefficient (Wildman–Crippen LogP) is 2.86. The average molecular weight is 446 g/mol. The van der Waals surface area contributed by atoms with E-state index in [0.29, 0.717) is 6.07 Å². The normalized spacial score (nSPS) is 13.8. The third kappa shape index (κ3) is 4.94. The molecule has 162 valence electrons. The van der Waals surface area contributed by atoms with E-state index in [2.05, 4.69) is 10.0 Å². The van der Waals surface area contributed by atoms with E-state index < -0.39 is 27.7 Å². The minimum absolute atomic E-state index is 0.00118. The van der Waals surface area contributed by atoms with E-state index in [1.165, 1.54) is 19.2 Å². The molecule has 0 fully saturated rings. The molecule has 12 heteroatoms. The Hall–Kier alpha value is -2.99. The number of hydrogen-bond acceptors (Lipinski definition) is 6. The average Bonchev–Trinajstić information content (AvgIpc) is 2.67. The van der Waals surface area contributed by atoms with Crippen LogP contribution in [0, 0.1) is 0 Å². The summed E-state index contributed by atoms with van der Waals surface area (Å²) < 4.78 is 82.3. The summed E-state index contributed by atoms with van der Waals surface area (Å²) in [6, 6.07) is 6.14. The Balaban J connectivity index is 1.94. The second-order valence-corrected chi connectivity index (χ2v) is 7.83. The third-order valence-corrected chi connectivity index (χ3v) is 5.35. The highest BCUT2D eigenvalue weighted by atomic mass is 32.2. The molecule has 2 aromatic rings. The molecular formula is C18H17F3N2O6S. The molecule has 0 spiro atoms. The minimum Gasteiger partial charge on any atom is -0.489 e. The van der Waals surface area contributed by atoms with Crippen molar-refractivity contribution in [3.05, 3.63) is 42.0 Å². The predicted molar refractivity (Wildman–Crippen MR) is 100 cm³/mol. The van der Waals surface area contributed by atoms with Gasteiger partial charge in [0.2, 0.25) is 0 Å². The van der Waals surface area contributed by atoms with Gasteiger partial charge in [0.25, 0.3) is 15.9 Å². The summed E-state index contributed by atoms with van der Waals surface area (Å²) in [5.41, 5.74) is -1.31. The Morgan fingerprint density at radius 3 is 2.63 bits per heavy atom. The van der Waals surface area contributed by atoms with Crippen LogP contribution in [0.25, 0.3) is 0 Å². The van der Waals surface area contributed by atoms with Gasteiger partial charge in [-0.05, 0) is 36.4 Å². The molecule has 0 bridgehead atoms. The summed E-state index contributed by atoms with van der Waals surface area (Å²) >= 11 is 0. The molecule has 1 heterocycles. The molecule has 0 saturated heterocycles. The zero-order valence-corrected chi connectivity index (χ0v) is 16.4. The number of ether oxygens (including phenoxy) is 3. The fourth-order valence-electron chi connectivity index (χ4n) is 2.58. The van der Waals surface area contributed by atoms with Gasteiger partial charge in [0.05, 0.1) is 28.4 Å². The van der Waals surface area contributed by atoms with Crippen molar-refractivity contribution in [2.75, 3.05) is 37.0 Å². The third-order valence-electron chi connectivity index (χ3n) is 3.99. The first-order valence-electron chi connectivity index (χ1n) is 8.52. The van der Waals surface area contributed by atoms with Crippen molar-refractivity contribution in [2.45, 2.75) is 11.1 Å². The van der Waals surface area contributed by atoms with Crippen LogP contribution in [-0.2, 0) is 25.7 Å². The van der Waals surface area contributed by atoms with Gasteiger partial charge in [0.1, 0.15) is 18.1 Å². The monoisotopic (exact) mass is 446 g/mol. The molecule has 0 aliphatic carbocycles. The Morgan fingerprint density at radius 1 is 1.17 bits per heavy atom. The summed E-state index contributed by atoms with van der Waals surface area (Å²) in [5, 5.41) is 2.47. The van der Waals surface area contributed by atoms with Gasteiger partial charge in [-0.2, -0.15) is 13.2 Å². The Morgan fingerprint density at radius 2 is 1.93 bits per heavy atom. The van der Waals surface area contributed by atoms with Gasteiger partial charge < -0.3 is 19.5 Å². The fourth-order valence-corrected chi connectivity index (χ4v) is 3.67. The second kappa shape index (κ2) is 8.40. The van der Waals surface area contributed by atoms with Crippen LogP contribution in [0.4, 0.5) is 24.5 Å². The maximum atomic E-state index is 13.1. The highest BCUT2D eigenvalue weighted by Crippen LogP contribution is 2.37. The molecule has 30 heavy (non-hydrogen) atoms. The standard InChI is InChI=1S/C18H17F3N2O6S/c1-27-6-7-28-16-4-2-11(18(19,20)21)8-14(16)23-30(25,26)12-3-5-15-13(9-12)22-17(24)10-29-15/h2-5,8-9,23H,6-7,10H2,1H3,(H,22,24). The summed E-state index contributed by atoms with van der Waals surface area (Å²) in [6.45, 7) is -0.0553. The number of benzene rings is 2. The maximum absolute atomic E-state index is 13.1. The molecule has 8 nitrogen and oxygen atoms in total. The molecule has 0 radical (unpaired) electrons. The van der Waals surface area contributed by atoms with Crippen molar-refractivity contribution in [1.82, 2.24) is 0 Å².